The first kappa shape index (κ1) is 26.2. The summed E-state index contributed by atoms with van der Waals surface area (Å²) in [7, 11) is 0. The van der Waals surface area contributed by atoms with Crippen LogP contribution < -0.4 is 0 Å². The second kappa shape index (κ2) is 18.6. The Morgan fingerprint density at radius 1 is 0.519 bits per heavy atom. The fourth-order valence-electron chi connectivity index (χ4n) is 2.48. The second-order valence-corrected chi connectivity index (χ2v) is 9.93. The molecule has 0 atom stereocenters. The van der Waals surface area contributed by atoms with Crippen LogP contribution in [-0.2, 0) is 23.6 Å². The van der Waals surface area contributed by atoms with Crippen LogP contribution in [0.4, 0.5) is 0 Å². The van der Waals surface area contributed by atoms with Crippen LogP contribution >= 0.6 is 0 Å². The van der Waals surface area contributed by atoms with Crippen molar-refractivity contribution in [3.63, 3.8) is 0 Å². The molecule has 0 fully saturated rings. The molecule has 1 radical (unpaired) electrons. The van der Waals surface area contributed by atoms with Gasteiger partial charge in [0.25, 0.3) is 0 Å². The number of hydrogen-bond acceptors (Lipinski definition) is 6. The summed E-state index contributed by atoms with van der Waals surface area (Å²) in [5, 5.41) is 0. The standard InChI is InChI=1S/C12H24O2.2C4H8O2.Sn/c1-2-3-4-5-6-7-8-9-10-11-12(13)14;2*1-2-3-4(5)6;/h2-11H2,1H3,(H,13,14);2*2-3H2,1H3,(H,5,6);/q;;;+3/p-3. The Morgan fingerprint density at radius 3 is 1.30 bits per heavy atom. The molecule has 6 nitrogen and oxygen atoms in total. The van der Waals surface area contributed by atoms with Crippen molar-refractivity contribution in [2.75, 3.05) is 0 Å². The number of hydrogen-bond donors (Lipinski definition) is 0. The van der Waals surface area contributed by atoms with Crippen LogP contribution in [0.3, 0.4) is 0 Å². The van der Waals surface area contributed by atoms with Crippen LogP contribution in [0.15, 0.2) is 0 Å². The van der Waals surface area contributed by atoms with E-state index < -0.39 is 38.9 Å². The van der Waals surface area contributed by atoms with E-state index in [0.29, 0.717) is 12.8 Å². The van der Waals surface area contributed by atoms with Gasteiger partial charge in [0.15, 0.2) is 0 Å². The summed E-state index contributed by atoms with van der Waals surface area (Å²) in [4.78, 5) is 35.3. The molecule has 0 saturated carbocycles. The van der Waals surface area contributed by atoms with Gasteiger partial charge in [-0.3, -0.25) is 0 Å². The minimum atomic E-state index is -3.74. The molecule has 0 heterocycles. The van der Waals surface area contributed by atoms with Crippen LogP contribution in [-0.4, -0.2) is 38.9 Å². The average Bonchev–Trinajstić information content (AvgIpc) is 2.60. The molecular weight excluding hydrogens is 455 g/mol. The number of carbonyl (C=O) groups excluding carboxylic acids is 3. The first-order valence-corrected chi connectivity index (χ1v) is 14.0. The van der Waals surface area contributed by atoms with Gasteiger partial charge in [0.05, 0.1) is 0 Å². The topological polar surface area (TPSA) is 78.9 Å². The van der Waals surface area contributed by atoms with Gasteiger partial charge < -0.3 is 0 Å². The Kier molecular flexibility index (Phi) is 18.0. The third-order valence-electron chi connectivity index (χ3n) is 3.98. The zero-order valence-corrected chi connectivity index (χ0v) is 20.2. The van der Waals surface area contributed by atoms with E-state index >= 15 is 0 Å². The van der Waals surface area contributed by atoms with Crippen LogP contribution in [0, 0.1) is 0 Å². The molecular formula is C20H37O6Sn. The summed E-state index contributed by atoms with van der Waals surface area (Å²) in [5.41, 5.74) is 0. The summed E-state index contributed by atoms with van der Waals surface area (Å²) in [6.07, 6.45) is 12.4. The van der Waals surface area contributed by atoms with Crippen LogP contribution in [0.5, 0.6) is 0 Å². The van der Waals surface area contributed by atoms with Crippen molar-refractivity contribution in [1.82, 2.24) is 0 Å². The van der Waals surface area contributed by atoms with Gasteiger partial charge in [0, 0.05) is 0 Å². The van der Waals surface area contributed by atoms with Crippen molar-refractivity contribution < 1.29 is 23.6 Å². The summed E-state index contributed by atoms with van der Waals surface area (Å²) in [6.45, 7) is 5.91. The first-order chi connectivity index (χ1) is 13.0. The first-order valence-electron chi connectivity index (χ1n) is 10.5. The van der Waals surface area contributed by atoms with Crippen LogP contribution in [0.1, 0.15) is 111 Å². The number of unbranched alkanes of at least 4 members (excludes halogenated alkanes) is 8. The molecule has 0 aliphatic rings. The fourth-order valence-corrected chi connectivity index (χ4v) is 5.30. The monoisotopic (exact) mass is 493 g/mol. The molecule has 157 valence electrons. The van der Waals surface area contributed by atoms with Crippen molar-refractivity contribution >= 4 is 38.9 Å². The normalized spacial score (nSPS) is 10.7. The molecule has 0 amide bonds. The maximum atomic E-state index is 12.0. The Morgan fingerprint density at radius 2 is 0.889 bits per heavy atom. The summed E-state index contributed by atoms with van der Waals surface area (Å²) < 4.78 is 15.5. The number of carbonyl (C=O) groups is 3. The van der Waals surface area contributed by atoms with E-state index in [4.69, 9.17) is 9.22 Å². The van der Waals surface area contributed by atoms with Crippen molar-refractivity contribution in [1.29, 1.82) is 0 Å². The predicted molar refractivity (Wildman–Crippen MR) is 106 cm³/mol. The van der Waals surface area contributed by atoms with E-state index in [1.165, 1.54) is 38.5 Å². The van der Waals surface area contributed by atoms with Crippen molar-refractivity contribution in [2.45, 2.75) is 111 Å². The minimum absolute atomic E-state index is 0.227. The van der Waals surface area contributed by atoms with Gasteiger partial charge in [-0.2, -0.15) is 0 Å². The van der Waals surface area contributed by atoms with Gasteiger partial charge >= 0.3 is 166 Å². The third kappa shape index (κ3) is 17.1. The predicted octanol–water partition coefficient (Wildman–Crippen LogP) is 5.12. The maximum absolute atomic E-state index is 12.0. The van der Waals surface area contributed by atoms with Crippen molar-refractivity contribution in [3.05, 3.63) is 0 Å². The van der Waals surface area contributed by atoms with E-state index in [-0.39, 0.29) is 19.3 Å². The summed E-state index contributed by atoms with van der Waals surface area (Å²) in [5.74, 6) is -1.36. The van der Waals surface area contributed by atoms with Crippen molar-refractivity contribution in [2.24, 2.45) is 0 Å². The molecule has 27 heavy (non-hydrogen) atoms. The van der Waals surface area contributed by atoms with E-state index in [9.17, 15) is 14.4 Å². The van der Waals surface area contributed by atoms with Gasteiger partial charge in [0.2, 0.25) is 0 Å². The van der Waals surface area contributed by atoms with Crippen molar-refractivity contribution in [3.8, 4) is 0 Å². The molecule has 7 heteroatoms. The fraction of sp³-hybridized carbons (Fsp3) is 0.850. The zero-order valence-electron chi connectivity index (χ0n) is 17.3. The number of rotatable bonds is 17. The molecule has 0 aliphatic heterocycles. The Balaban J connectivity index is 4.04. The van der Waals surface area contributed by atoms with Gasteiger partial charge in [-0.15, -0.1) is 0 Å². The Bertz CT molecular complexity index is 393. The van der Waals surface area contributed by atoms with E-state index in [0.717, 1.165) is 19.3 Å². The molecule has 0 aromatic heterocycles. The Labute approximate surface area is 173 Å². The van der Waals surface area contributed by atoms with Crippen LogP contribution in [0.25, 0.3) is 0 Å². The van der Waals surface area contributed by atoms with E-state index in [1.54, 1.807) is 0 Å². The molecule has 0 aromatic rings. The molecule has 0 unspecified atom stereocenters. The molecule has 0 bridgehead atoms. The van der Waals surface area contributed by atoms with Crippen LogP contribution in [0.2, 0.25) is 0 Å². The van der Waals surface area contributed by atoms with Gasteiger partial charge in [-0.05, 0) is 0 Å². The van der Waals surface area contributed by atoms with E-state index in [1.807, 2.05) is 13.8 Å². The summed E-state index contributed by atoms with van der Waals surface area (Å²) in [6, 6.07) is 0. The quantitative estimate of drug-likeness (QED) is 0.207. The molecule has 0 aliphatic carbocycles. The van der Waals surface area contributed by atoms with Gasteiger partial charge in [0.1, 0.15) is 0 Å². The molecule has 0 spiro atoms. The summed E-state index contributed by atoms with van der Waals surface area (Å²) >= 11 is -3.74. The average molecular weight is 492 g/mol. The van der Waals surface area contributed by atoms with Gasteiger partial charge in [-0.25, -0.2) is 0 Å². The second-order valence-electron chi connectivity index (χ2n) is 6.75. The molecule has 0 aromatic carbocycles. The van der Waals surface area contributed by atoms with Gasteiger partial charge in [-0.1, -0.05) is 6.92 Å². The zero-order chi connectivity index (χ0) is 20.3. The third-order valence-corrected chi connectivity index (χ3v) is 7.36. The Hall–Kier alpha value is -0.791. The molecule has 0 N–H and O–H groups in total. The van der Waals surface area contributed by atoms with E-state index in [2.05, 4.69) is 6.92 Å². The SMILES string of the molecule is CCCCCCCCCCCC(=O)[O][Sn]([O]C(=O)CCC)[O]C(=O)CCC. The molecule has 0 saturated heterocycles. The molecule has 0 rings (SSSR count).